The SMILES string of the molecule is CCCCNC(=O)c1cc(NC(=O)CN2CCCCC2)ccc1Oc1ccc(OC)cc1. The van der Waals surface area contributed by atoms with Crippen LogP contribution in [-0.4, -0.2) is 50.0 Å². The Morgan fingerprint density at radius 1 is 1.00 bits per heavy atom. The third-order valence-corrected chi connectivity index (χ3v) is 5.43. The van der Waals surface area contributed by atoms with Gasteiger partial charge in [-0.2, -0.15) is 0 Å². The Balaban J connectivity index is 1.74. The molecule has 172 valence electrons. The van der Waals surface area contributed by atoms with E-state index in [1.165, 1.54) is 6.42 Å². The summed E-state index contributed by atoms with van der Waals surface area (Å²) in [6, 6.07) is 12.3. The van der Waals surface area contributed by atoms with Crippen LogP contribution in [-0.2, 0) is 4.79 Å². The largest absolute Gasteiger partial charge is 0.497 e. The second-order valence-electron chi connectivity index (χ2n) is 7.98. The monoisotopic (exact) mass is 439 g/mol. The predicted molar refractivity (Wildman–Crippen MR) is 126 cm³/mol. The van der Waals surface area contributed by atoms with Gasteiger partial charge in [0.2, 0.25) is 5.91 Å². The van der Waals surface area contributed by atoms with E-state index in [1.54, 1.807) is 49.6 Å². The molecular weight excluding hydrogens is 406 g/mol. The average Bonchev–Trinajstić information content (AvgIpc) is 2.81. The first kappa shape index (κ1) is 23.6. The summed E-state index contributed by atoms with van der Waals surface area (Å²) in [6.07, 6.45) is 5.37. The normalized spacial score (nSPS) is 13.9. The second kappa shape index (κ2) is 12.1. The van der Waals surface area contributed by atoms with Crippen LogP contribution in [0.2, 0.25) is 0 Å². The highest BCUT2D eigenvalue weighted by Gasteiger charge is 2.17. The molecule has 1 saturated heterocycles. The first-order chi connectivity index (χ1) is 15.6. The lowest BCUT2D eigenvalue weighted by atomic mass is 10.1. The van der Waals surface area contributed by atoms with E-state index in [-0.39, 0.29) is 11.8 Å². The summed E-state index contributed by atoms with van der Waals surface area (Å²) >= 11 is 0. The van der Waals surface area contributed by atoms with Gasteiger partial charge in [0.05, 0.1) is 19.2 Å². The number of hydrogen-bond acceptors (Lipinski definition) is 5. The Morgan fingerprint density at radius 3 is 2.41 bits per heavy atom. The van der Waals surface area contributed by atoms with Crippen LogP contribution in [0.5, 0.6) is 17.2 Å². The number of rotatable bonds is 10. The van der Waals surface area contributed by atoms with E-state index >= 15 is 0 Å². The van der Waals surface area contributed by atoms with Gasteiger partial charge in [-0.3, -0.25) is 14.5 Å². The zero-order chi connectivity index (χ0) is 22.8. The molecule has 1 heterocycles. The summed E-state index contributed by atoms with van der Waals surface area (Å²) in [5.41, 5.74) is 0.961. The molecule has 1 aliphatic heterocycles. The van der Waals surface area contributed by atoms with Crippen LogP contribution >= 0.6 is 0 Å². The van der Waals surface area contributed by atoms with Crippen molar-refractivity contribution < 1.29 is 19.1 Å². The summed E-state index contributed by atoms with van der Waals surface area (Å²) in [6.45, 7) is 4.92. The van der Waals surface area contributed by atoms with E-state index in [1.807, 2.05) is 0 Å². The van der Waals surface area contributed by atoms with Gasteiger partial charge in [-0.1, -0.05) is 19.8 Å². The van der Waals surface area contributed by atoms with Gasteiger partial charge >= 0.3 is 0 Å². The molecule has 0 saturated carbocycles. The van der Waals surface area contributed by atoms with E-state index in [9.17, 15) is 9.59 Å². The minimum absolute atomic E-state index is 0.0759. The second-order valence-corrected chi connectivity index (χ2v) is 7.98. The van der Waals surface area contributed by atoms with E-state index in [2.05, 4.69) is 22.5 Å². The van der Waals surface area contributed by atoms with Crippen LogP contribution in [0.1, 0.15) is 49.4 Å². The molecule has 32 heavy (non-hydrogen) atoms. The number of nitrogens with one attached hydrogen (secondary N) is 2. The molecule has 2 N–H and O–H groups in total. The smallest absolute Gasteiger partial charge is 0.255 e. The van der Waals surface area contributed by atoms with Gasteiger partial charge in [-0.25, -0.2) is 0 Å². The number of methoxy groups -OCH3 is 1. The molecular formula is C25H33N3O4. The zero-order valence-electron chi connectivity index (χ0n) is 19.0. The molecule has 0 aromatic heterocycles. The first-order valence-electron chi connectivity index (χ1n) is 11.4. The summed E-state index contributed by atoms with van der Waals surface area (Å²) in [5, 5.41) is 5.86. The van der Waals surface area contributed by atoms with Gasteiger partial charge in [-0.15, -0.1) is 0 Å². The number of unbranched alkanes of at least 4 members (excludes halogenated alkanes) is 1. The number of carbonyl (C=O) groups excluding carboxylic acids is 2. The van der Waals surface area contributed by atoms with Crippen LogP contribution < -0.4 is 20.1 Å². The van der Waals surface area contributed by atoms with Gasteiger partial charge in [0.25, 0.3) is 5.91 Å². The minimum Gasteiger partial charge on any atom is -0.497 e. The number of likely N-dealkylation sites (tertiary alicyclic amines) is 1. The number of nitrogens with zero attached hydrogens (tertiary/aromatic N) is 1. The van der Waals surface area contributed by atoms with Crippen molar-refractivity contribution in [2.75, 3.05) is 38.6 Å². The Labute approximate surface area is 190 Å². The number of anilines is 1. The summed E-state index contributed by atoms with van der Waals surface area (Å²) in [7, 11) is 1.60. The number of benzene rings is 2. The minimum atomic E-state index is -0.228. The van der Waals surface area contributed by atoms with Gasteiger partial charge in [0, 0.05) is 12.2 Å². The average molecular weight is 440 g/mol. The lowest BCUT2D eigenvalue weighted by molar-refractivity contribution is -0.117. The fourth-order valence-corrected chi connectivity index (χ4v) is 3.64. The van der Waals surface area contributed by atoms with Crippen LogP contribution in [0.15, 0.2) is 42.5 Å². The molecule has 0 aliphatic carbocycles. The molecule has 0 unspecified atom stereocenters. The number of amides is 2. The van der Waals surface area contributed by atoms with Crippen molar-refractivity contribution in [1.29, 1.82) is 0 Å². The van der Waals surface area contributed by atoms with Crippen molar-refractivity contribution >= 4 is 17.5 Å². The highest BCUT2D eigenvalue weighted by molar-refractivity contribution is 5.99. The van der Waals surface area contributed by atoms with E-state index in [0.29, 0.717) is 35.8 Å². The highest BCUT2D eigenvalue weighted by atomic mass is 16.5. The molecule has 2 aromatic rings. The van der Waals surface area contributed by atoms with Crippen LogP contribution in [0.25, 0.3) is 0 Å². The number of hydrogen-bond donors (Lipinski definition) is 2. The van der Waals surface area contributed by atoms with Crippen molar-refractivity contribution in [3.05, 3.63) is 48.0 Å². The van der Waals surface area contributed by atoms with Crippen LogP contribution in [0.3, 0.4) is 0 Å². The Bertz CT molecular complexity index is 893. The van der Waals surface area contributed by atoms with E-state index < -0.39 is 0 Å². The molecule has 3 rings (SSSR count). The van der Waals surface area contributed by atoms with Crippen molar-refractivity contribution in [1.82, 2.24) is 10.2 Å². The molecule has 1 aliphatic rings. The quantitative estimate of drug-likeness (QED) is 0.535. The first-order valence-corrected chi connectivity index (χ1v) is 11.4. The lowest BCUT2D eigenvalue weighted by Crippen LogP contribution is -2.36. The molecule has 0 spiro atoms. The standard InChI is InChI=1S/C25H33N3O4/c1-3-4-14-26-25(30)22-17-19(27-24(29)18-28-15-6-5-7-16-28)8-13-23(22)32-21-11-9-20(31-2)10-12-21/h8-13,17H,3-7,14-16,18H2,1-2H3,(H,26,30)(H,27,29). The summed E-state index contributed by atoms with van der Waals surface area (Å²) in [5.74, 6) is 1.44. The third kappa shape index (κ3) is 6.99. The molecule has 7 nitrogen and oxygen atoms in total. The Kier molecular flexibility index (Phi) is 8.92. The van der Waals surface area contributed by atoms with Gasteiger partial charge in [0.1, 0.15) is 17.2 Å². The number of ether oxygens (including phenoxy) is 2. The van der Waals surface area contributed by atoms with Crippen molar-refractivity contribution in [2.24, 2.45) is 0 Å². The Hall–Kier alpha value is -3.06. The van der Waals surface area contributed by atoms with Crippen LogP contribution in [0, 0.1) is 0 Å². The fraction of sp³-hybridized carbons (Fsp3) is 0.440. The van der Waals surface area contributed by atoms with Crippen LogP contribution in [0.4, 0.5) is 5.69 Å². The van der Waals surface area contributed by atoms with Gasteiger partial charge in [0.15, 0.2) is 0 Å². The van der Waals surface area contributed by atoms with Gasteiger partial charge < -0.3 is 20.1 Å². The fourth-order valence-electron chi connectivity index (χ4n) is 3.64. The zero-order valence-corrected chi connectivity index (χ0v) is 19.0. The molecule has 1 fully saturated rings. The number of piperidine rings is 1. The molecule has 0 bridgehead atoms. The predicted octanol–water partition coefficient (Wildman–Crippen LogP) is 4.44. The molecule has 2 amide bonds. The topological polar surface area (TPSA) is 79.9 Å². The maximum absolute atomic E-state index is 12.9. The maximum atomic E-state index is 12.9. The lowest BCUT2D eigenvalue weighted by Gasteiger charge is -2.25. The summed E-state index contributed by atoms with van der Waals surface area (Å²) < 4.78 is 11.2. The molecule has 0 radical (unpaired) electrons. The van der Waals surface area contributed by atoms with E-state index in [4.69, 9.17) is 9.47 Å². The molecule has 2 aromatic carbocycles. The van der Waals surface area contributed by atoms with Crippen molar-refractivity contribution in [2.45, 2.75) is 39.0 Å². The van der Waals surface area contributed by atoms with Gasteiger partial charge in [-0.05, 0) is 74.8 Å². The maximum Gasteiger partial charge on any atom is 0.255 e. The molecule has 7 heteroatoms. The van der Waals surface area contributed by atoms with Crippen molar-refractivity contribution in [3.8, 4) is 17.2 Å². The summed E-state index contributed by atoms with van der Waals surface area (Å²) in [4.78, 5) is 27.5. The Morgan fingerprint density at radius 2 is 1.72 bits per heavy atom. The van der Waals surface area contributed by atoms with Crippen molar-refractivity contribution in [3.63, 3.8) is 0 Å². The molecule has 0 atom stereocenters. The number of carbonyl (C=O) groups is 2. The highest BCUT2D eigenvalue weighted by Crippen LogP contribution is 2.29. The third-order valence-electron chi connectivity index (χ3n) is 5.43. The van der Waals surface area contributed by atoms with E-state index in [0.717, 1.165) is 44.5 Å².